The van der Waals surface area contributed by atoms with E-state index in [0.717, 1.165) is 5.56 Å². The standard InChI is InChI=1S/C14H15N5O3/c1-2-19-16-13(15-17-19)9-4-3-5-11(6-9)18-8-10(14(21)22)7-12(18)20/h3-6,10H,2,7-8H2,1H3,(H,21,22)/t10-/m1/s1. The molecule has 0 aliphatic carbocycles. The highest BCUT2D eigenvalue weighted by molar-refractivity contribution is 5.99. The van der Waals surface area contributed by atoms with Gasteiger partial charge in [-0.3, -0.25) is 9.59 Å². The number of aryl methyl sites for hydroxylation is 1. The van der Waals surface area contributed by atoms with E-state index < -0.39 is 11.9 Å². The van der Waals surface area contributed by atoms with Crippen LogP contribution in [0.5, 0.6) is 0 Å². The van der Waals surface area contributed by atoms with Gasteiger partial charge in [0, 0.05) is 24.2 Å². The summed E-state index contributed by atoms with van der Waals surface area (Å²) >= 11 is 0. The third kappa shape index (κ3) is 2.54. The van der Waals surface area contributed by atoms with Gasteiger partial charge in [0.1, 0.15) is 0 Å². The highest BCUT2D eigenvalue weighted by Crippen LogP contribution is 2.28. The van der Waals surface area contributed by atoms with E-state index >= 15 is 0 Å². The summed E-state index contributed by atoms with van der Waals surface area (Å²) in [6, 6.07) is 7.17. The van der Waals surface area contributed by atoms with Gasteiger partial charge in [-0.1, -0.05) is 12.1 Å². The van der Waals surface area contributed by atoms with Crippen LogP contribution in [0.15, 0.2) is 24.3 Å². The average Bonchev–Trinajstić information content (AvgIpc) is 3.14. The van der Waals surface area contributed by atoms with Crippen molar-refractivity contribution in [3.63, 3.8) is 0 Å². The number of rotatable bonds is 4. The first kappa shape index (κ1) is 14.2. The Labute approximate surface area is 126 Å². The van der Waals surface area contributed by atoms with Crippen LogP contribution in [0.25, 0.3) is 11.4 Å². The molecular weight excluding hydrogens is 286 g/mol. The molecule has 0 saturated carbocycles. The molecule has 0 radical (unpaired) electrons. The summed E-state index contributed by atoms with van der Waals surface area (Å²) in [5.74, 6) is -1.31. The van der Waals surface area contributed by atoms with Crippen LogP contribution in [0.1, 0.15) is 13.3 Å². The van der Waals surface area contributed by atoms with Gasteiger partial charge in [-0.2, -0.15) is 4.80 Å². The zero-order chi connectivity index (χ0) is 15.7. The van der Waals surface area contributed by atoms with Crippen LogP contribution in [0.2, 0.25) is 0 Å². The topological polar surface area (TPSA) is 101 Å². The van der Waals surface area contributed by atoms with Gasteiger partial charge in [0.05, 0.1) is 12.5 Å². The molecule has 1 aromatic heterocycles. The summed E-state index contributed by atoms with van der Waals surface area (Å²) < 4.78 is 0. The molecule has 1 aromatic carbocycles. The molecule has 8 nitrogen and oxygen atoms in total. The number of nitrogens with zero attached hydrogens (tertiary/aromatic N) is 5. The van der Waals surface area contributed by atoms with Gasteiger partial charge in [-0.15, -0.1) is 10.2 Å². The maximum Gasteiger partial charge on any atom is 0.308 e. The van der Waals surface area contributed by atoms with E-state index in [1.165, 1.54) is 9.70 Å². The van der Waals surface area contributed by atoms with Crippen LogP contribution in [0, 0.1) is 5.92 Å². The maximum absolute atomic E-state index is 12.0. The highest BCUT2D eigenvalue weighted by Gasteiger charge is 2.35. The highest BCUT2D eigenvalue weighted by atomic mass is 16.4. The number of anilines is 1. The van der Waals surface area contributed by atoms with Gasteiger partial charge in [0.25, 0.3) is 0 Å². The molecule has 0 spiro atoms. The first-order chi connectivity index (χ1) is 10.6. The van der Waals surface area contributed by atoms with Crippen LogP contribution < -0.4 is 4.90 Å². The summed E-state index contributed by atoms with van der Waals surface area (Å²) in [5.41, 5.74) is 1.39. The maximum atomic E-state index is 12.0. The summed E-state index contributed by atoms with van der Waals surface area (Å²) in [4.78, 5) is 26.0. The number of carboxylic acids is 1. The molecule has 114 valence electrons. The van der Waals surface area contributed by atoms with Gasteiger partial charge in [-0.25, -0.2) is 0 Å². The van der Waals surface area contributed by atoms with Gasteiger partial charge in [0.15, 0.2) is 0 Å². The first-order valence-corrected chi connectivity index (χ1v) is 7.00. The van der Waals surface area contributed by atoms with E-state index in [0.29, 0.717) is 18.1 Å². The Kier molecular flexibility index (Phi) is 3.58. The molecule has 1 aliphatic heterocycles. The number of tetrazole rings is 1. The molecule has 1 atom stereocenters. The van der Waals surface area contributed by atoms with Crippen LogP contribution in [-0.4, -0.2) is 43.7 Å². The van der Waals surface area contributed by atoms with Crippen LogP contribution in [0.4, 0.5) is 5.69 Å². The molecule has 2 aromatic rings. The zero-order valence-electron chi connectivity index (χ0n) is 12.0. The lowest BCUT2D eigenvalue weighted by molar-refractivity contribution is -0.141. The Bertz CT molecular complexity index is 727. The second kappa shape index (κ2) is 5.55. The van der Waals surface area contributed by atoms with Crippen molar-refractivity contribution in [2.75, 3.05) is 11.4 Å². The fourth-order valence-corrected chi connectivity index (χ4v) is 2.43. The average molecular weight is 301 g/mol. The smallest absolute Gasteiger partial charge is 0.308 e. The number of amides is 1. The van der Waals surface area contributed by atoms with Crippen LogP contribution in [-0.2, 0) is 16.1 Å². The van der Waals surface area contributed by atoms with Crippen molar-refractivity contribution < 1.29 is 14.7 Å². The fraction of sp³-hybridized carbons (Fsp3) is 0.357. The van der Waals surface area contributed by atoms with Gasteiger partial charge >= 0.3 is 5.97 Å². The molecular formula is C14H15N5O3. The van der Waals surface area contributed by atoms with E-state index in [2.05, 4.69) is 15.4 Å². The summed E-state index contributed by atoms with van der Waals surface area (Å²) in [6.45, 7) is 2.72. The molecule has 1 amide bonds. The van der Waals surface area contributed by atoms with E-state index in [4.69, 9.17) is 5.11 Å². The van der Waals surface area contributed by atoms with Gasteiger partial charge in [0.2, 0.25) is 11.7 Å². The first-order valence-electron chi connectivity index (χ1n) is 7.00. The molecule has 1 aliphatic rings. The monoisotopic (exact) mass is 301 g/mol. The van der Waals surface area contributed by atoms with Gasteiger partial charge in [-0.05, 0) is 24.3 Å². The van der Waals surface area contributed by atoms with Crippen LogP contribution in [0.3, 0.4) is 0 Å². The van der Waals surface area contributed by atoms with Crippen LogP contribution >= 0.6 is 0 Å². The third-order valence-electron chi connectivity index (χ3n) is 3.63. The Morgan fingerprint density at radius 2 is 2.27 bits per heavy atom. The van der Waals surface area contributed by atoms with Crippen molar-refractivity contribution in [3.05, 3.63) is 24.3 Å². The molecule has 1 fully saturated rings. The summed E-state index contributed by atoms with van der Waals surface area (Å²) in [7, 11) is 0. The quantitative estimate of drug-likeness (QED) is 0.896. The summed E-state index contributed by atoms with van der Waals surface area (Å²) in [5, 5.41) is 21.2. The van der Waals surface area contributed by atoms with E-state index in [-0.39, 0.29) is 18.9 Å². The number of hydrogen-bond acceptors (Lipinski definition) is 5. The predicted molar refractivity (Wildman–Crippen MR) is 77.0 cm³/mol. The van der Waals surface area contributed by atoms with E-state index in [9.17, 15) is 9.59 Å². The predicted octanol–water partition coefficient (Wildman–Crippen LogP) is 0.798. The minimum absolute atomic E-state index is 0.0316. The Morgan fingerprint density at radius 1 is 1.45 bits per heavy atom. The Hall–Kier alpha value is -2.77. The Morgan fingerprint density at radius 3 is 2.91 bits per heavy atom. The number of carboxylic acid groups (broad SMARTS) is 1. The third-order valence-corrected chi connectivity index (χ3v) is 3.63. The van der Waals surface area contributed by atoms with Crippen molar-refractivity contribution in [1.29, 1.82) is 0 Å². The van der Waals surface area contributed by atoms with Crippen molar-refractivity contribution in [2.24, 2.45) is 5.92 Å². The Balaban J connectivity index is 1.88. The largest absolute Gasteiger partial charge is 0.481 e. The minimum Gasteiger partial charge on any atom is -0.481 e. The van der Waals surface area contributed by atoms with Crippen molar-refractivity contribution in [3.8, 4) is 11.4 Å². The summed E-state index contributed by atoms with van der Waals surface area (Å²) in [6.07, 6.45) is 0.0316. The molecule has 0 bridgehead atoms. The van der Waals surface area contributed by atoms with E-state index in [1.54, 1.807) is 18.2 Å². The lowest BCUT2D eigenvalue weighted by Crippen LogP contribution is -2.25. The van der Waals surface area contributed by atoms with Crippen molar-refractivity contribution in [1.82, 2.24) is 20.2 Å². The molecule has 1 N–H and O–H groups in total. The normalized spacial score (nSPS) is 18.0. The number of carbonyl (C=O) groups excluding carboxylic acids is 1. The van der Waals surface area contributed by atoms with Gasteiger partial charge < -0.3 is 10.0 Å². The number of hydrogen-bond donors (Lipinski definition) is 1. The number of benzene rings is 1. The zero-order valence-corrected chi connectivity index (χ0v) is 12.0. The number of aromatic nitrogens is 4. The second-order valence-corrected chi connectivity index (χ2v) is 5.10. The lowest BCUT2D eigenvalue weighted by atomic mass is 10.1. The minimum atomic E-state index is -0.945. The fourth-order valence-electron chi connectivity index (χ4n) is 2.43. The number of carbonyl (C=O) groups is 2. The van der Waals surface area contributed by atoms with E-state index in [1.807, 2.05) is 13.0 Å². The molecule has 22 heavy (non-hydrogen) atoms. The molecule has 2 heterocycles. The van der Waals surface area contributed by atoms with Crippen molar-refractivity contribution >= 4 is 17.6 Å². The second-order valence-electron chi connectivity index (χ2n) is 5.10. The molecule has 8 heteroatoms. The lowest BCUT2D eigenvalue weighted by Gasteiger charge is -2.16. The SMILES string of the molecule is CCn1nnc(-c2cccc(N3C[C@H](C(=O)O)CC3=O)c2)n1. The number of aliphatic carboxylic acids is 1. The molecule has 0 unspecified atom stereocenters. The van der Waals surface area contributed by atoms with Crippen molar-refractivity contribution in [2.45, 2.75) is 19.9 Å². The molecule has 3 rings (SSSR count). The molecule has 1 saturated heterocycles.